The van der Waals surface area contributed by atoms with Gasteiger partial charge in [-0.05, 0) is 50.7 Å². The van der Waals surface area contributed by atoms with Crippen LogP contribution in [0.3, 0.4) is 0 Å². The van der Waals surface area contributed by atoms with Crippen molar-refractivity contribution in [3.8, 4) is 5.75 Å². The van der Waals surface area contributed by atoms with Crippen LogP contribution in [0.2, 0.25) is 0 Å². The van der Waals surface area contributed by atoms with Crippen molar-refractivity contribution in [3.05, 3.63) is 24.0 Å². The molecule has 0 bridgehead atoms. The van der Waals surface area contributed by atoms with E-state index in [9.17, 15) is 4.39 Å². The van der Waals surface area contributed by atoms with Crippen LogP contribution in [-0.2, 0) is 4.74 Å². The Morgan fingerprint density at radius 2 is 2.04 bits per heavy atom. The first kappa shape index (κ1) is 18.0. The van der Waals surface area contributed by atoms with Crippen LogP contribution in [0, 0.1) is 5.82 Å². The average Bonchev–Trinajstić information content (AvgIpc) is 3.14. The maximum atomic E-state index is 14.2. The lowest BCUT2D eigenvalue weighted by molar-refractivity contribution is 0.0680. The van der Waals surface area contributed by atoms with Gasteiger partial charge in [0.25, 0.3) is 0 Å². The zero-order valence-electron chi connectivity index (χ0n) is 15.4. The molecule has 1 saturated carbocycles. The molecule has 146 valence electrons. The van der Waals surface area contributed by atoms with E-state index in [4.69, 9.17) is 20.9 Å². The lowest BCUT2D eigenvalue weighted by Gasteiger charge is -2.45. The van der Waals surface area contributed by atoms with Crippen LogP contribution in [0.4, 0.5) is 10.1 Å². The Balaban J connectivity index is 1.69. The van der Waals surface area contributed by atoms with E-state index < -0.39 is 5.66 Å². The Hall–Kier alpha value is -2.35. The number of rotatable bonds is 4. The van der Waals surface area contributed by atoms with Crippen molar-refractivity contribution in [1.29, 1.82) is 0 Å². The third-order valence-corrected chi connectivity index (χ3v) is 5.46. The van der Waals surface area contributed by atoms with Crippen LogP contribution in [-0.4, -0.2) is 36.9 Å². The number of ether oxygens (including phenoxy) is 2. The summed E-state index contributed by atoms with van der Waals surface area (Å²) in [6.45, 7) is 1.18. The zero-order chi connectivity index (χ0) is 18.9. The van der Waals surface area contributed by atoms with Crippen molar-refractivity contribution in [2.45, 2.75) is 56.7 Å². The summed E-state index contributed by atoms with van der Waals surface area (Å²) in [4.78, 5) is 10.6. The molecule has 1 unspecified atom stereocenters. The first-order chi connectivity index (χ1) is 13.1. The first-order valence-corrected chi connectivity index (χ1v) is 9.61. The van der Waals surface area contributed by atoms with Gasteiger partial charge in [-0.15, -0.1) is 0 Å². The number of anilines is 1. The second-order valence-corrected chi connectivity index (χ2v) is 7.38. The lowest BCUT2D eigenvalue weighted by atomic mass is 9.87. The van der Waals surface area contributed by atoms with E-state index in [0.717, 1.165) is 51.6 Å². The number of hydrogen-bond donors (Lipinski definition) is 2. The molecule has 0 aromatic heterocycles. The second-order valence-electron chi connectivity index (χ2n) is 7.38. The average molecular weight is 375 g/mol. The summed E-state index contributed by atoms with van der Waals surface area (Å²) >= 11 is 0. The molecule has 1 atom stereocenters. The fraction of sp³-hybridized carbons (Fsp3) is 0.579. The van der Waals surface area contributed by atoms with Gasteiger partial charge in [0.05, 0.1) is 11.8 Å². The third kappa shape index (κ3) is 3.58. The highest BCUT2D eigenvalue weighted by Gasteiger charge is 2.43. The van der Waals surface area contributed by atoms with Gasteiger partial charge in [0.15, 0.2) is 0 Å². The number of guanidine groups is 2. The Kier molecular flexibility index (Phi) is 4.90. The highest BCUT2D eigenvalue weighted by Crippen LogP contribution is 2.43. The smallest absolute Gasteiger partial charge is 0.220 e. The second kappa shape index (κ2) is 7.34. The topological polar surface area (TPSA) is 98.5 Å². The largest absolute Gasteiger partial charge is 0.489 e. The van der Waals surface area contributed by atoms with E-state index in [2.05, 4.69) is 9.98 Å². The van der Waals surface area contributed by atoms with Crippen LogP contribution in [0.15, 0.2) is 28.2 Å². The van der Waals surface area contributed by atoms with Gasteiger partial charge in [0, 0.05) is 12.7 Å². The fourth-order valence-electron chi connectivity index (χ4n) is 4.22. The van der Waals surface area contributed by atoms with Crippen molar-refractivity contribution in [1.82, 2.24) is 0 Å². The van der Waals surface area contributed by atoms with Crippen molar-refractivity contribution in [2.24, 2.45) is 21.5 Å². The minimum atomic E-state index is -0.635. The molecule has 1 aromatic carbocycles. The van der Waals surface area contributed by atoms with E-state index >= 15 is 0 Å². The molecule has 4 rings (SSSR count). The SMILES string of the molecule is NC1=NC2(CCCCC2)N(c2cc(F)ccc2OCC2CCCO2)C(N)=N1. The number of benzene rings is 1. The molecule has 0 radical (unpaired) electrons. The van der Waals surface area contributed by atoms with Gasteiger partial charge in [0.2, 0.25) is 11.9 Å². The lowest BCUT2D eigenvalue weighted by Crippen LogP contribution is -2.58. The van der Waals surface area contributed by atoms with Crippen molar-refractivity contribution < 1.29 is 13.9 Å². The van der Waals surface area contributed by atoms with Crippen LogP contribution >= 0.6 is 0 Å². The number of nitrogens with two attached hydrogens (primary N) is 2. The van der Waals surface area contributed by atoms with Gasteiger partial charge in [-0.3, -0.25) is 4.90 Å². The molecule has 2 aliphatic heterocycles. The third-order valence-electron chi connectivity index (χ3n) is 5.46. The predicted octanol–water partition coefficient (Wildman–Crippen LogP) is 2.49. The summed E-state index contributed by atoms with van der Waals surface area (Å²) in [5, 5.41) is 0. The normalized spacial score (nSPS) is 24.6. The summed E-state index contributed by atoms with van der Waals surface area (Å²) in [6, 6.07) is 4.45. The van der Waals surface area contributed by atoms with E-state index in [1.807, 2.05) is 0 Å². The molecule has 1 saturated heterocycles. The molecule has 27 heavy (non-hydrogen) atoms. The molecule has 8 heteroatoms. The first-order valence-electron chi connectivity index (χ1n) is 9.61. The van der Waals surface area contributed by atoms with E-state index in [1.54, 1.807) is 11.0 Å². The molecule has 1 aliphatic carbocycles. The highest BCUT2D eigenvalue weighted by molar-refractivity contribution is 6.06. The van der Waals surface area contributed by atoms with E-state index in [-0.39, 0.29) is 23.8 Å². The summed E-state index contributed by atoms with van der Waals surface area (Å²) in [7, 11) is 0. The van der Waals surface area contributed by atoms with Crippen molar-refractivity contribution in [2.75, 3.05) is 18.1 Å². The minimum Gasteiger partial charge on any atom is -0.489 e. The molecule has 4 N–H and O–H groups in total. The summed E-state index contributed by atoms with van der Waals surface area (Å²) in [5.41, 5.74) is 12.1. The van der Waals surface area contributed by atoms with Gasteiger partial charge in [-0.2, -0.15) is 4.99 Å². The van der Waals surface area contributed by atoms with Crippen LogP contribution in [0.1, 0.15) is 44.9 Å². The van der Waals surface area contributed by atoms with Gasteiger partial charge in [-0.1, -0.05) is 6.42 Å². The fourth-order valence-corrected chi connectivity index (χ4v) is 4.22. The number of hydrogen-bond acceptors (Lipinski definition) is 7. The molecular formula is C19H26FN5O2. The molecule has 3 aliphatic rings. The van der Waals surface area contributed by atoms with Crippen LogP contribution < -0.4 is 21.1 Å². The van der Waals surface area contributed by atoms with Crippen molar-refractivity contribution >= 4 is 17.6 Å². The monoisotopic (exact) mass is 375 g/mol. The molecule has 1 aromatic rings. The Morgan fingerprint density at radius 3 is 2.78 bits per heavy atom. The Bertz CT molecular complexity index is 754. The number of halogens is 1. The van der Waals surface area contributed by atoms with E-state index in [1.165, 1.54) is 12.1 Å². The Morgan fingerprint density at radius 1 is 1.22 bits per heavy atom. The standard InChI is InChI=1S/C19H26FN5O2/c20-13-6-7-16(27-12-14-5-4-10-26-14)15(11-13)25-18(22)23-17(21)24-19(25)8-2-1-3-9-19/h6-7,11,14H,1-5,8-10,12H2,(H4,21,22,23,24). The van der Waals surface area contributed by atoms with Crippen LogP contribution in [0.5, 0.6) is 5.75 Å². The Labute approximate surface area is 158 Å². The maximum absolute atomic E-state index is 14.2. The summed E-state index contributed by atoms with van der Waals surface area (Å²) in [6.07, 6.45) is 6.77. The molecular weight excluding hydrogens is 349 g/mol. The molecule has 2 heterocycles. The number of nitrogens with zero attached hydrogens (tertiary/aromatic N) is 3. The molecule has 2 fully saturated rings. The van der Waals surface area contributed by atoms with Gasteiger partial charge >= 0.3 is 0 Å². The zero-order valence-corrected chi connectivity index (χ0v) is 15.4. The molecule has 1 spiro atoms. The molecule has 0 amide bonds. The van der Waals surface area contributed by atoms with Gasteiger partial charge in [-0.25, -0.2) is 9.38 Å². The maximum Gasteiger partial charge on any atom is 0.220 e. The summed E-state index contributed by atoms with van der Waals surface area (Å²) in [5.74, 6) is 0.572. The molecule has 7 nitrogen and oxygen atoms in total. The van der Waals surface area contributed by atoms with Crippen molar-refractivity contribution in [3.63, 3.8) is 0 Å². The summed E-state index contributed by atoms with van der Waals surface area (Å²) < 4.78 is 25.8. The highest BCUT2D eigenvalue weighted by atomic mass is 19.1. The van der Waals surface area contributed by atoms with Gasteiger partial charge < -0.3 is 20.9 Å². The van der Waals surface area contributed by atoms with E-state index in [0.29, 0.717) is 18.0 Å². The van der Waals surface area contributed by atoms with Crippen LogP contribution in [0.25, 0.3) is 0 Å². The van der Waals surface area contributed by atoms with Gasteiger partial charge in [0.1, 0.15) is 23.8 Å². The number of aliphatic imine (C=N–C) groups is 2. The minimum absolute atomic E-state index is 0.0626. The predicted molar refractivity (Wildman–Crippen MR) is 102 cm³/mol. The quantitative estimate of drug-likeness (QED) is 0.842.